The van der Waals surface area contributed by atoms with Gasteiger partial charge in [0, 0.05) is 17.3 Å². The van der Waals surface area contributed by atoms with Gasteiger partial charge in [0.25, 0.3) is 0 Å². The Morgan fingerprint density at radius 2 is 2.43 bits per heavy atom. The Labute approximate surface area is 84.6 Å². The van der Waals surface area contributed by atoms with E-state index in [2.05, 4.69) is 16.3 Å². The topological polar surface area (TPSA) is 30.4 Å². The average molecular weight is 204 g/mol. The minimum absolute atomic E-state index is 0.895. The van der Waals surface area contributed by atoms with Gasteiger partial charge in [-0.3, -0.25) is 4.40 Å². The molecule has 0 saturated heterocycles. The first-order chi connectivity index (χ1) is 6.86. The van der Waals surface area contributed by atoms with Gasteiger partial charge in [0.05, 0.1) is 6.26 Å². The number of furan rings is 1. The largest absolute Gasteiger partial charge is 0.463 e. The average Bonchev–Trinajstić information content (AvgIpc) is 2.78. The molecule has 3 nitrogen and oxygen atoms in total. The fourth-order valence-corrected chi connectivity index (χ4v) is 2.53. The third-order valence-electron chi connectivity index (χ3n) is 2.18. The highest BCUT2D eigenvalue weighted by Gasteiger charge is 2.12. The highest BCUT2D eigenvalue weighted by atomic mass is 32.1. The smallest absolute Gasteiger partial charge is 0.194 e. The molecule has 0 aliphatic carbocycles. The molecular weight excluding hydrogens is 196 g/mol. The molecule has 0 aliphatic heterocycles. The lowest BCUT2D eigenvalue weighted by Crippen LogP contribution is -1.83. The molecule has 3 aromatic rings. The Balaban J connectivity index is 2.38. The van der Waals surface area contributed by atoms with Gasteiger partial charge in [-0.05, 0) is 19.1 Å². The lowest BCUT2D eigenvalue weighted by Gasteiger charge is -1.95. The summed E-state index contributed by atoms with van der Waals surface area (Å²) in [5.74, 6) is 0.895. The number of aryl methyl sites for hydroxylation is 1. The number of hydrogen-bond acceptors (Lipinski definition) is 3. The third kappa shape index (κ3) is 0.943. The summed E-state index contributed by atoms with van der Waals surface area (Å²) in [6.07, 6.45) is 5.45. The molecule has 0 saturated carbocycles. The van der Waals surface area contributed by atoms with Crippen LogP contribution in [0.1, 0.15) is 4.88 Å². The summed E-state index contributed by atoms with van der Waals surface area (Å²) in [5.41, 5.74) is 1.10. The van der Waals surface area contributed by atoms with E-state index in [1.807, 2.05) is 18.3 Å². The van der Waals surface area contributed by atoms with Crippen LogP contribution in [0.5, 0.6) is 0 Å². The molecule has 0 unspecified atom stereocenters. The van der Waals surface area contributed by atoms with Crippen molar-refractivity contribution in [3.8, 4) is 11.5 Å². The van der Waals surface area contributed by atoms with E-state index >= 15 is 0 Å². The van der Waals surface area contributed by atoms with E-state index in [9.17, 15) is 0 Å². The van der Waals surface area contributed by atoms with E-state index in [1.165, 1.54) is 4.88 Å². The molecule has 0 fully saturated rings. The Morgan fingerprint density at radius 1 is 1.50 bits per heavy atom. The Morgan fingerprint density at radius 3 is 3.21 bits per heavy atom. The van der Waals surface area contributed by atoms with Crippen molar-refractivity contribution < 1.29 is 4.42 Å². The first-order valence-electron chi connectivity index (χ1n) is 4.32. The monoisotopic (exact) mass is 204 g/mol. The fourth-order valence-electron chi connectivity index (χ4n) is 1.60. The number of thiazole rings is 1. The van der Waals surface area contributed by atoms with Crippen molar-refractivity contribution in [1.29, 1.82) is 0 Å². The summed E-state index contributed by atoms with van der Waals surface area (Å²) < 4.78 is 7.45. The van der Waals surface area contributed by atoms with Crippen molar-refractivity contribution in [3.63, 3.8) is 0 Å². The predicted octanol–water partition coefficient (Wildman–Crippen LogP) is 2.96. The van der Waals surface area contributed by atoms with Gasteiger partial charge in [-0.25, -0.2) is 4.98 Å². The molecule has 70 valence electrons. The maximum atomic E-state index is 5.39. The molecule has 3 aromatic heterocycles. The summed E-state index contributed by atoms with van der Waals surface area (Å²) in [6.45, 7) is 2.08. The van der Waals surface area contributed by atoms with Gasteiger partial charge in [0.1, 0.15) is 5.69 Å². The van der Waals surface area contributed by atoms with Gasteiger partial charge >= 0.3 is 0 Å². The fraction of sp³-hybridized carbons (Fsp3) is 0.100. The van der Waals surface area contributed by atoms with E-state index in [-0.39, 0.29) is 0 Å². The second kappa shape index (κ2) is 2.72. The van der Waals surface area contributed by atoms with Crippen LogP contribution in [0.15, 0.2) is 35.2 Å². The molecule has 14 heavy (non-hydrogen) atoms. The van der Waals surface area contributed by atoms with Crippen LogP contribution >= 0.6 is 11.3 Å². The zero-order valence-corrected chi connectivity index (χ0v) is 8.41. The lowest BCUT2D eigenvalue weighted by molar-refractivity contribution is 0.579. The minimum Gasteiger partial charge on any atom is -0.463 e. The van der Waals surface area contributed by atoms with Gasteiger partial charge < -0.3 is 4.42 Å². The highest BCUT2D eigenvalue weighted by molar-refractivity contribution is 7.17. The number of imidazole rings is 1. The summed E-state index contributed by atoms with van der Waals surface area (Å²) >= 11 is 1.68. The zero-order chi connectivity index (χ0) is 9.54. The molecule has 3 rings (SSSR count). The van der Waals surface area contributed by atoms with Crippen molar-refractivity contribution >= 4 is 16.3 Å². The first-order valence-corrected chi connectivity index (χ1v) is 5.14. The van der Waals surface area contributed by atoms with Crippen molar-refractivity contribution in [1.82, 2.24) is 9.38 Å². The molecule has 0 bridgehead atoms. The maximum Gasteiger partial charge on any atom is 0.194 e. The number of nitrogens with zero attached hydrogens (tertiary/aromatic N) is 2. The van der Waals surface area contributed by atoms with Crippen LogP contribution in [-0.2, 0) is 0 Å². The van der Waals surface area contributed by atoms with Gasteiger partial charge in [0.15, 0.2) is 10.7 Å². The molecule has 0 atom stereocenters. The van der Waals surface area contributed by atoms with Crippen molar-refractivity contribution in [2.24, 2.45) is 0 Å². The van der Waals surface area contributed by atoms with E-state index in [1.54, 1.807) is 23.8 Å². The quantitative estimate of drug-likeness (QED) is 0.610. The summed E-state index contributed by atoms with van der Waals surface area (Å²) in [6, 6.07) is 3.86. The number of fused-ring (bicyclic) bond motifs is 1. The molecule has 0 radical (unpaired) electrons. The van der Waals surface area contributed by atoms with Gasteiger partial charge in [-0.2, -0.15) is 0 Å². The van der Waals surface area contributed by atoms with Crippen LogP contribution < -0.4 is 0 Å². The minimum atomic E-state index is 0.895. The van der Waals surface area contributed by atoms with Crippen molar-refractivity contribution in [2.75, 3.05) is 0 Å². The molecule has 0 aliphatic rings. The molecule has 0 aromatic carbocycles. The Kier molecular flexibility index (Phi) is 1.52. The van der Waals surface area contributed by atoms with Gasteiger partial charge in [-0.1, -0.05) is 0 Å². The van der Waals surface area contributed by atoms with Crippen molar-refractivity contribution in [3.05, 3.63) is 35.7 Å². The van der Waals surface area contributed by atoms with Gasteiger partial charge in [0.2, 0.25) is 0 Å². The Bertz CT molecular complexity index is 562. The zero-order valence-electron chi connectivity index (χ0n) is 7.60. The predicted molar refractivity (Wildman–Crippen MR) is 55.5 cm³/mol. The number of rotatable bonds is 1. The van der Waals surface area contributed by atoms with Gasteiger partial charge in [-0.15, -0.1) is 11.3 Å². The van der Waals surface area contributed by atoms with Crippen LogP contribution in [0.3, 0.4) is 0 Å². The Hall–Kier alpha value is -1.55. The molecule has 0 spiro atoms. The highest BCUT2D eigenvalue weighted by Crippen LogP contribution is 2.30. The van der Waals surface area contributed by atoms with Crippen LogP contribution in [-0.4, -0.2) is 9.38 Å². The number of aromatic nitrogens is 2. The van der Waals surface area contributed by atoms with Crippen LogP contribution in [0, 0.1) is 6.92 Å². The third-order valence-corrected chi connectivity index (χ3v) is 3.16. The second-order valence-corrected chi connectivity index (χ2v) is 4.25. The van der Waals surface area contributed by atoms with E-state index in [0.29, 0.717) is 0 Å². The molecule has 0 amide bonds. The summed E-state index contributed by atoms with van der Waals surface area (Å²) in [4.78, 5) is 6.48. The summed E-state index contributed by atoms with van der Waals surface area (Å²) in [7, 11) is 0. The van der Waals surface area contributed by atoms with Crippen LogP contribution in [0.2, 0.25) is 0 Å². The normalized spacial score (nSPS) is 11.2. The van der Waals surface area contributed by atoms with Crippen molar-refractivity contribution in [2.45, 2.75) is 6.92 Å². The van der Waals surface area contributed by atoms with Crippen LogP contribution in [0.25, 0.3) is 16.4 Å². The van der Waals surface area contributed by atoms with E-state index < -0.39 is 0 Å². The summed E-state index contributed by atoms with van der Waals surface area (Å²) in [5, 5.41) is 0. The molecule has 0 N–H and O–H groups in total. The van der Waals surface area contributed by atoms with E-state index in [0.717, 1.165) is 16.4 Å². The maximum absolute atomic E-state index is 5.39. The molecule has 3 heterocycles. The second-order valence-electron chi connectivity index (χ2n) is 3.06. The van der Waals surface area contributed by atoms with E-state index in [4.69, 9.17) is 4.42 Å². The number of hydrogen-bond donors (Lipinski definition) is 0. The SMILES string of the molecule is Cc1sc2nccn2c1-c1ccco1. The first kappa shape index (κ1) is 7.82. The lowest BCUT2D eigenvalue weighted by atomic mass is 10.3. The van der Waals surface area contributed by atoms with Crippen LogP contribution in [0.4, 0.5) is 0 Å². The standard InChI is InChI=1S/C10H8N2OS/c1-7-9(8-3-2-6-13-8)12-5-4-11-10(12)14-7/h2-6H,1H3. The molecular formula is C10H8N2OS. The molecule has 4 heteroatoms.